The quantitative estimate of drug-likeness (QED) is 0.386. The first-order valence-electron chi connectivity index (χ1n) is 4.74. The van der Waals surface area contributed by atoms with Crippen molar-refractivity contribution in [3.63, 3.8) is 0 Å². The molecule has 0 saturated heterocycles. The van der Waals surface area contributed by atoms with E-state index in [-0.39, 0.29) is 18.8 Å². The fraction of sp³-hybridized carbons (Fsp3) is 0.444. The highest BCUT2D eigenvalue weighted by molar-refractivity contribution is 5.40. The van der Waals surface area contributed by atoms with Crippen molar-refractivity contribution in [1.29, 1.82) is 0 Å². The monoisotopic (exact) mass is 223 g/mol. The molecule has 1 aromatic heterocycles. The largest absolute Gasteiger partial charge is 0.390 e. The molecule has 0 aliphatic carbocycles. The Labute approximate surface area is 92.2 Å². The molecule has 1 rings (SSSR count). The standard InChI is InChI=1S/C9H13N5O2/c10-9-6(2-1-4-12-9)8(16)7(15)3-5-13-14-11/h1-2,4,7-8,15-16H,3,5H2,(H2,10,12). The number of nitrogens with two attached hydrogens (primary N) is 1. The molecule has 7 nitrogen and oxygen atoms in total. The number of anilines is 1. The number of rotatable bonds is 5. The van der Waals surface area contributed by atoms with Crippen LogP contribution in [-0.2, 0) is 0 Å². The maximum atomic E-state index is 9.76. The van der Waals surface area contributed by atoms with Gasteiger partial charge in [0.2, 0.25) is 0 Å². The van der Waals surface area contributed by atoms with Crippen molar-refractivity contribution in [2.75, 3.05) is 12.3 Å². The molecule has 0 aliphatic heterocycles. The molecule has 0 fully saturated rings. The van der Waals surface area contributed by atoms with Gasteiger partial charge in [0.1, 0.15) is 11.9 Å². The first-order chi connectivity index (χ1) is 7.66. The summed E-state index contributed by atoms with van der Waals surface area (Å²) < 4.78 is 0. The molecule has 0 amide bonds. The van der Waals surface area contributed by atoms with E-state index >= 15 is 0 Å². The molecular formula is C9H13N5O2. The Morgan fingerprint density at radius 2 is 2.31 bits per heavy atom. The van der Waals surface area contributed by atoms with Crippen LogP contribution in [0.4, 0.5) is 5.82 Å². The van der Waals surface area contributed by atoms with Gasteiger partial charge in [-0.25, -0.2) is 4.98 Å². The molecule has 0 bridgehead atoms. The van der Waals surface area contributed by atoms with Crippen molar-refractivity contribution in [3.8, 4) is 0 Å². The van der Waals surface area contributed by atoms with Crippen molar-refractivity contribution in [3.05, 3.63) is 34.3 Å². The molecule has 0 aromatic carbocycles. The van der Waals surface area contributed by atoms with E-state index < -0.39 is 12.2 Å². The van der Waals surface area contributed by atoms with E-state index in [4.69, 9.17) is 11.3 Å². The van der Waals surface area contributed by atoms with Crippen LogP contribution in [0, 0.1) is 0 Å². The highest BCUT2D eigenvalue weighted by atomic mass is 16.3. The average Bonchev–Trinajstić information content (AvgIpc) is 2.29. The van der Waals surface area contributed by atoms with Crippen LogP contribution in [0.5, 0.6) is 0 Å². The average molecular weight is 223 g/mol. The van der Waals surface area contributed by atoms with Crippen LogP contribution in [-0.4, -0.2) is 27.8 Å². The summed E-state index contributed by atoms with van der Waals surface area (Å²) in [6, 6.07) is 3.21. The van der Waals surface area contributed by atoms with E-state index in [0.29, 0.717) is 5.56 Å². The molecule has 2 unspecified atom stereocenters. The summed E-state index contributed by atoms with van der Waals surface area (Å²) in [6.07, 6.45) is -0.489. The van der Waals surface area contributed by atoms with E-state index in [1.807, 2.05) is 0 Å². The normalized spacial score (nSPS) is 13.9. The van der Waals surface area contributed by atoms with Gasteiger partial charge in [-0.3, -0.25) is 0 Å². The number of hydrogen-bond acceptors (Lipinski definition) is 5. The summed E-state index contributed by atoms with van der Waals surface area (Å²) in [5, 5.41) is 22.6. The molecule has 4 N–H and O–H groups in total. The van der Waals surface area contributed by atoms with Gasteiger partial charge in [-0.15, -0.1) is 0 Å². The third-order valence-electron chi connectivity index (χ3n) is 2.14. The van der Waals surface area contributed by atoms with Gasteiger partial charge in [0.05, 0.1) is 6.10 Å². The van der Waals surface area contributed by atoms with Crippen LogP contribution in [0.2, 0.25) is 0 Å². The minimum absolute atomic E-state index is 0.120. The third-order valence-corrected chi connectivity index (χ3v) is 2.14. The van der Waals surface area contributed by atoms with Crippen molar-refractivity contribution in [2.45, 2.75) is 18.6 Å². The summed E-state index contributed by atoms with van der Waals surface area (Å²) in [6.45, 7) is 0.120. The predicted molar refractivity (Wildman–Crippen MR) is 58.2 cm³/mol. The van der Waals surface area contributed by atoms with Crippen LogP contribution in [0.1, 0.15) is 18.1 Å². The van der Waals surface area contributed by atoms with E-state index in [1.165, 1.54) is 6.20 Å². The van der Waals surface area contributed by atoms with Gasteiger partial charge >= 0.3 is 0 Å². The first kappa shape index (κ1) is 12.3. The van der Waals surface area contributed by atoms with E-state index in [0.717, 1.165) is 0 Å². The number of aliphatic hydroxyl groups excluding tert-OH is 2. The highest BCUT2D eigenvalue weighted by Crippen LogP contribution is 2.22. The zero-order valence-corrected chi connectivity index (χ0v) is 8.56. The molecule has 0 radical (unpaired) electrons. The van der Waals surface area contributed by atoms with Crippen molar-refractivity contribution in [1.82, 2.24) is 4.98 Å². The molecule has 2 atom stereocenters. The Kier molecular flexibility index (Phi) is 4.53. The fourth-order valence-electron chi connectivity index (χ4n) is 1.28. The lowest BCUT2D eigenvalue weighted by Gasteiger charge is -2.18. The molecule has 16 heavy (non-hydrogen) atoms. The van der Waals surface area contributed by atoms with Gasteiger partial charge in [-0.2, -0.15) is 0 Å². The zero-order chi connectivity index (χ0) is 12.0. The number of aromatic nitrogens is 1. The van der Waals surface area contributed by atoms with Gasteiger partial charge in [0, 0.05) is 23.2 Å². The Hall–Kier alpha value is -1.82. The predicted octanol–water partition coefficient (Wildman–Crippen LogP) is 0.759. The Morgan fingerprint density at radius 3 is 2.94 bits per heavy atom. The maximum absolute atomic E-state index is 9.76. The topological polar surface area (TPSA) is 128 Å². The summed E-state index contributed by atoms with van der Waals surface area (Å²) in [4.78, 5) is 6.36. The van der Waals surface area contributed by atoms with Gasteiger partial charge in [0.15, 0.2) is 0 Å². The second-order valence-electron chi connectivity index (χ2n) is 3.23. The highest BCUT2D eigenvalue weighted by Gasteiger charge is 2.20. The number of azide groups is 1. The number of hydrogen-bond donors (Lipinski definition) is 3. The van der Waals surface area contributed by atoms with Crippen molar-refractivity contribution >= 4 is 5.82 Å². The Morgan fingerprint density at radius 1 is 1.56 bits per heavy atom. The van der Waals surface area contributed by atoms with Crippen LogP contribution in [0.15, 0.2) is 23.4 Å². The van der Waals surface area contributed by atoms with Crippen LogP contribution >= 0.6 is 0 Å². The van der Waals surface area contributed by atoms with Gasteiger partial charge in [-0.1, -0.05) is 11.2 Å². The molecule has 0 spiro atoms. The summed E-state index contributed by atoms with van der Waals surface area (Å²) in [7, 11) is 0. The summed E-state index contributed by atoms with van der Waals surface area (Å²) in [5.41, 5.74) is 14.0. The second-order valence-corrected chi connectivity index (χ2v) is 3.23. The number of nitrogen functional groups attached to an aromatic ring is 1. The summed E-state index contributed by atoms with van der Waals surface area (Å²) >= 11 is 0. The Balaban J connectivity index is 2.66. The SMILES string of the molecule is [N-]=[N+]=NCCC(O)C(O)c1cccnc1N. The molecule has 1 heterocycles. The third kappa shape index (κ3) is 3.09. The van der Waals surface area contributed by atoms with Crippen LogP contribution in [0.3, 0.4) is 0 Å². The zero-order valence-electron chi connectivity index (χ0n) is 8.56. The van der Waals surface area contributed by atoms with Crippen molar-refractivity contribution < 1.29 is 10.2 Å². The van der Waals surface area contributed by atoms with E-state index in [1.54, 1.807) is 12.1 Å². The lowest BCUT2D eigenvalue weighted by Crippen LogP contribution is -2.20. The Bertz CT molecular complexity index is 391. The molecular weight excluding hydrogens is 210 g/mol. The number of nitrogens with zero attached hydrogens (tertiary/aromatic N) is 4. The minimum Gasteiger partial charge on any atom is -0.390 e. The fourth-order valence-corrected chi connectivity index (χ4v) is 1.28. The second kappa shape index (κ2) is 5.92. The smallest absolute Gasteiger partial charge is 0.129 e. The van der Waals surface area contributed by atoms with Gasteiger partial charge in [-0.05, 0) is 18.0 Å². The lowest BCUT2D eigenvalue weighted by molar-refractivity contribution is 0.0153. The number of pyridine rings is 1. The van der Waals surface area contributed by atoms with Crippen LogP contribution < -0.4 is 5.73 Å². The molecule has 1 aromatic rings. The molecule has 0 aliphatic rings. The maximum Gasteiger partial charge on any atom is 0.129 e. The van der Waals surface area contributed by atoms with Gasteiger partial charge < -0.3 is 15.9 Å². The molecule has 7 heteroatoms. The molecule has 86 valence electrons. The minimum atomic E-state index is -1.12. The van der Waals surface area contributed by atoms with Crippen molar-refractivity contribution in [2.24, 2.45) is 5.11 Å². The first-order valence-corrected chi connectivity index (χ1v) is 4.74. The summed E-state index contributed by atoms with van der Waals surface area (Å²) in [5.74, 6) is 0.179. The molecule has 0 saturated carbocycles. The van der Waals surface area contributed by atoms with E-state index in [9.17, 15) is 10.2 Å². The lowest BCUT2D eigenvalue weighted by atomic mass is 10.0. The van der Waals surface area contributed by atoms with Gasteiger partial charge in [0.25, 0.3) is 0 Å². The van der Waals surface area contributed by atoms with Crippen LogP contribution in [0.25, 0.3) is 10.4 Å². The number of aliphatic hydroxyl groups is 2. The van der Waals surface area contributed by atoms with E-state index in [2.05, 4.69) is 15.0 Å².